The Morgan fingerprint density at radius 2 is 2.11 bits per heavy atom. The van der Waals surface area contributed by atoms with Crippen LogP contribution in [0.5, 0.6) is 5.75 Å². The van der Waals surface area contributed by atoms with Gasteiger partial charge in [0.2, 0.25) is 0 Å². The maximum atomic E-state index is 12.8. The smallest absolute Gasteiger partial charge is 0.287 e. The molecule has 18 heavy (non-hydrogen) atoms. The van der Waals surface area contributed by atoms with Crippen molar-refractivity contribution in [2.45, 2.75) is 12.8 Å². The number of halogens is 2. The first-order valence-corrected chi connectivity index (χ1v) is 5.49. The van der Waals surface area contributed by atoms with Crippen LogP contribution >= 0.6 is 0 Å². The second kappa shape index (κ2) is 6.30. The summed E-state index contributed by atoms with van der Waals surface area (Å²) in [7, 11) is 0. The van der Waals surface area contributed by atoms with Crippen molar-refractivity contribution in [3.63, 3.8) is 0 Å². The summed E-state index contributed by atoms with van der Waals surface area (Å²) in [5.41, 5.74) is 0.188. The summed E-state index contributed by atoms with van der Waals surface area (Å²) in [6.07, 6.45) is 0. The lowest BCUT2D eigenvalue weighted by Gasteiger charge is -2.15. The molecule has 0 saturated carbocycles. The van der Waals surface area contributed by atoms with Crippen LogP contribution in [0.2, 0.25) is 0 Å². The maximum Gasteiger partial charge on any atom is 0.287 e. The Bertz CT molecular complexity index is 410. The van der Waals surface area contributed by atoms with Crippen LogP contribution in [0.4, 0.5) is 8.78 Å². The van der Waals surface area contributed by atoms with Crippen LogP contribution < -0.4 is 10.1 Å². The molecule has 0 aliphatic rings. The average molecular weight is 259 g/mol. The minimum absolute atomic E-state index is 0.188. The van der Waals surface area contributed by atoms with Gasteiger partial charge in [-0.15, -0.1) is 0 Å². The van der Waals surface area contributed by atoms with Crippen molar-refractivity contribution in [2.24, 2.45) is 0 Å². The number of benzene rings is 1. The normalized spacial score (nSPS) is 11.1. The van der Waals surface area contributed by atoms with Crippen LogP contribution in [0.15, 0.2) is 24.3 Å². The molecule has 0 aliphatic heterocycles. The molecule has 0 radical (unpaired) electrons. The summed E-state index contributed by atoms with van der Waals surface area (Å²) in [5, 5.41) is 10.5. The predicted molar refractivity (Wildman–Crippen MR) is 62.0 cm³/mol. The van der Waals surface area contributed by atoms with E-state index in [1.165, 1.54) is 6.07 Å². The molecule has 0 saturated heterocycles. The van der Waals surface area contributed by atoms with E-state index in [0.29, 0.717) is 12.4 Å². The van der Waals surface area contributed by atoms with Crippen molar-refractivity contribution in [3.05, 3.63) is 29.8 Å². The molecule has 0 unspecified atom stereocenters. The van der Waals surface area contributed by atoms with Gasteiger partial charge >= 0.3 is 0 Å². The lowest BCUT2D eigenvalue weighted by molar-refractivity contribution is -0.0462. The first-order valence-electron chi connectivity index (χ1n) is 5.49. The van der Waals surface area contributed by atoms with Gasteiger partial charge in [-0.2, -0.15) is 0 Å². The van der Waals surface area contributed by atoms with Gasteiger partial charge in [-0.1, -0.05) is 12.1 Å². The first-order chi connectivity index (χ1) is 8.50. The van der Waals surface area contributed by atoms with Gasteiger partial charge in [0.25, 0.3) is 11.8 Å². The Labute approximate surface area is 104 Å². The molecule has 1 aromatic carbocycles. The summed E-state index contributed by atoms with van der Waals surface area (Å²) < 4.78 is 30.8. The van der Waals surface area contributed by atoms with Crippen molar-refractivity contribution >= 4 is 5.91 Å². The predicted octanol–water partition coefficient (Wildman–Crippen LogP) is 1.44. The van der Waals surface area contributed by atoms with Crippen molar-refractivity contribution in [3.8, 4) is 5.75 Å². The Balaban J connectivity index is 2.72. The summed E-state index contributed by atoms with van der Waals surface area (Å²) in [4.78, 5) is 11.7. The van der Waals surface area contributed by atoms with E-state index in [1.807, 2.05) is 0 Å². The van der Waals surface area contributed by atoms with Gasteiger partial charge in [0.15, 0.2) is 0 Å². The number of aliphatic hydroxyl groups is 1. The molecule has 0 aromatic heterocycles. The van der Waals surface area contributed by atoms with Crippen LogP contribution in [0, 0.1) is 0 Å². The molecule has 2 N–H and O–H groups in total. The molecule has 0 bridgehead atoms. The van der Waals surface area contributed by atoms with Crippen molar-refractivity contribution < 1.29 is 23.4 Å². The fourth-order valence-electron chi connectivity index (χ4n) is 1.30. The lowest BCUT2D eigenvalue weighted by Crippen LogP contribution is -2.39. The van der Waals surface area contributed by atoms with Crippen LogP contribution in [-0.4, -0.2) is 36.7 Å². The zero-order valence-electron chi connectivity index (χ0n) is 9.95. The summed E-state index contributed by atoms with van der Waals surface area (Å²) in [5.74, 6) is -3.65. The van der Waals surface area contributed by atoms with Crippen LogP contribution in [0.1, 0.15) is 17.3 Å². The van der Waals surface area contributed by atoms with E-state index in [4.69, 9.17) is 9.84 Å². The van der Waals surface area contributed by atoms with Crippen LogP contribution in [0.25, 0.3) is 0 Å². The summed E-state index contributed by atoms with van der Waals surface area (Å²) >= 11 is 0. The minimum Gasteiger partial charge on any atom is -0.493 e. The molecular weight excluding hydrogens is 244 g/mol. The number of alkyl halides is 2. The van der Waals surface area contributed by atoms with E-state index in [-0.39, 0.29) is 5.56 Å². The monoisotopic (exact) mass is 259 g/mol. The third-order valence-corrected chi connectivity index (χ3v) is 2.17. The van der Waals surface area contributed by atoms with E-state index in [0.717, 1.165) is 0 Å². The largest absolute Gasteiger partial charge is 0.493 e. The maximum absolute atomic E-state index is 12.8. The zero-order valence-corrected chi connectivity index (χ0v) is 9.95. The number of hydrogen-bond acceptors (Lipinski definition) is 3. The molecule has 1 amide bonds. The van der Waals surface area contributed by atoms with Crippen LogP contribution in [0.3, 0.4) is 0 Å². The molecule has 4 nitrogen and oxygen atoms in total. The fourth-order valence-corrected chi connectivity index (χ4v) is 1.30. The molecule has 100 valence electrons. The number of hydrogen-bond donors (Lipinski definition) is 2. The number of para-hydroxylation sites is 1. The van der Waals surface area contributed by atoms with Gasteiger partial charge < -0.3 is 15.2 Å². The van der Waals surface area contributed by atoms with E-state index in [9.17, 15) is 13.6 Å². The third kappa shape index (κ3) is 3.96. The molecule has 6 heteroatoms. The van der Waals surface area contributed by atoms with Crippen LogP contribution in [-0.2, 0) is 0 Å². The van der Waals surface area contributed by atoms with Gasteiger partial charge in [-0.25, -0.2) is 8.78 Å². The summed E-state index contributed by atoms with van der Waals surface area (Å²) in [6, 6.07) is 6.37. The van der Waals surface area contributed by atoms with Gasteiger partial charge in [-0.3, -0.25) is 4.79 Å². The number of aliphatic hydroxyl groups excluding tert-OH is 1. The Kier molecular flexibility index (Phi) is 5.03. The number of amides is 1. The average Bonchev–Trinajstić information content (AvgIpc) is 2.37. The first kappa shape index (κ1) is 14.4. The Morgan fingerprint density at radius 3 is 2.72 bits per heavy atom. The third-order valence-electron chi connectivity index (χ3n) is 2.17. The summed E-state index contributed by atoms with van der Waals surface area (Å²) in [6.45, 7) is -0.0884. The van der Waals surface area contributed by atoms with Crippen molar-refractivity contribution in [2.75, 3.05) is 19.8 Å². The highest BCUT2D eigenvalue weighted by atomic mass is 19.3. The lowest BCUT2D eigenvalue weighted by atomic mass is 10.2. The second-order valence-electron chi connectivity index (χ2n) is 3.63. The van der Waals surface area contributed by atoms with Gasteiger partial charge in [0.05, 0.1) is 18.7 Å². The number of ether oxygens (including phenoxy) is 1. The number of carbonyl (C=O) groups is 1. The van der Waals surface area contributed by atoms with Crippen molar-refractivity contribution in [1.29, 1.82) is 0 Å². The molecule has 0 heterocycles. The quantitative estimate of drug-likeness (QED) is 0.812. The molecule has 1 rings (SSSR count). The SMILES string of the molecule is CCOc1ccccc1C(=O)NCC(F)(F)CO. The van der Waals surface area contributed by atoms with E-state index >= 15 is 0 Å². The highest BCUT2D eigenvalue weighted by molar-refractivity contribution is 5.96. The van der Waals surface area contributed by atoms with Gasteiger partial charge in [0.1, 0.15) is 12.4 Å². The molecule has 0 fully saturated rings. The second-order valence-corrected chi connectivity index (χ2v) is 3.63. The molecule has 1 aromatic rings. The topological polar surface area (TPSA) is 58.6 Å². The van der Waals surface area contributed by atoms with Gasteiger partial charge in [0, 0.05) is 0 Å². The molecule has 0 aliphatic carbocycles. The Hall–Kier alpha value is -1.69. The van der Waals surface area contributed by atoms with E-state index in [2.05, 4.69) is 5.32 Å². The zero-order chi connectivity index (χ0) is 13.6. The standard InChI is InChI=1S/C12H15F2NO3/c1-2-18-10-6-4-3-5-9(10)11(17)15-7-12(13,14)8-16/h3-6,16H,2,7-8H2,1H3,(H,15,17). The minimum atomic E-state index is -3.32. The molecular formula is C12H15F2NO3. The fraction of sp³-hybridized carbons (Fsp3) is 0.417. The highest BCUT2D eigenvalue weighted by Crippen LogP contribution is 2.18. The van der Waals surface area contributed by atoms with Gasteiger partial charge in [-0.05, 0) is 19.1 Å². The Morgan fingerprint density at radius 1 is 1.44 bits per heavy atom. The number of carbonyl (C=O) groups excluding carboxylic acids is 1. The molecule has 0 atom stereocenters. The van der Waals surface area contributed by atoms with Crippen molar-refractivity contribution in [1.82, 2.24) is 5.32 Å². The number of rotatable bonds is 6. The molecule has 0 spiro atoms. The van der Waals surface area contributed by atoms with E-state index in [1.54, 1.807) is 25.1 Å². The van der Waals surface area contributed by atoms with E-state index < -0.39 is 25.0 Å². The highest BCUT2D eigenvalue weighted by Gasteiger charge is 2.28. The number of nitrogens with one attached hydrogen (secondary N) is 1.